The van der Waals surface area contributed by atoms with Crippen LogP contribution < -0.4 is 30.9 Å². The summed E-state index contributed by atoms with van der Waals surface area (Å²) in [4.78, 5) is 4.70. The summed E-state index contributed by atoms with van der Waals surface area (Å²) in [5.74, 6) is 1.96. The molecule has 4 heteroatoms. The molecule has 4 nitrogen and oxygen atoms in total. The Kier molecular flexibility index (Phi) is 21.9. The Balaban J connectivity index is 0.000000163. The Morgan fingerprint density at radius 1 is 0.596 bits per heavy atom. The van der Waals surface area contributed by atoms with Gasteiger partial charge in [-0.15, -0.1) is 0 Å². The summed E-state index contributed by atoms with van der Waals surface area (Å²) in [5, 5.41) is 9.47. The van der Waals surface area contributed by atoms with Crippen LogP contribution in [0, 0.1) is 11.8 Å². The molecule has 6 aliphatic carbocycles. The number of benzene rings is 7. The number of rotatable bonds is 15. The summed E-state index contributed by atoms with van der Waals surface area (Å²) < 4.78 is 0. The lowest BCUT2D eigenvalue weighted by Gasteiger charge is -2.30. The number of hydrogen-bond donors (Lipinski definition) is 2. The van der Waals surface area contributed by atoms with Crippen LogP contribution in [0.4, 0.5) is 28.4 Å². The highest BCUT2D eigenvalue weighted by Crippen LogP contribution is 2.55. The Morgan fingerprint density at radius 3 is 1.98 bits per heavy atom. The van der Waals surface area contributed by atoms with Crippen molar-refractivity contribution in [2.45, 2.75) is 71.3 Å². The molecule has 0 amide bonds. The molecule has 0 bridgehead atoms. The van der Waals surface area contributed by atoms with Gasteiger partial charge in [0.15, 0.2) is 0 Å². The Morgan fingerprint density at radius 2 is 1.28 bits per heavy atom. The first-order valence-corrected chi connectivity index (χ1v) is 31.5. The van der Waals surface area contributed by atoms with Crippen LogP contribution in [0.1, 0.15) is 87.5 Å². The molecule has 89 heavy (non-hydrogen) atoms. The average Bonchev–Trinajstić information content (AvgIpc) is 1.89. The van der Waals surface area contributed by atoms with Gasteiger partial charge in [-0.25, -0.2) is 0 Å². The number of hydrogen-bond acceptors (Lipinski definition) is 4. The highest BCUT2D eigenvalue weighted by atomic mass is 15.2. The maximum atomic E-state index is 4.29. The first-order valence-electron chi connectivity index (χ1n) is 31.5. The maximum absolute atomic E-state index is 4.29. The van der Waals surface area contributed by atoms with Crippen LogP contribution in [-0.4, -0.2) is 6.04 Å². The zero-order valence-electron chi connectivity index (χ0n) is 52.0. The van der Waals surface area contributed by atoms with Crippen LogP contribution in [0.3, 0.4) is 0 Å². The van der Waals surface area contributed by atoms with E-state index in [0.717, 1.165) is 71.2 Å². The Labute approximate surface area is 530 Å². The molecular weight excluding hydrogens is 1080 g/mol. The van der Waals surface area contributed by atoms with Gasteiger partial charge in [-0.3, -0.25) is 0 Å². The molecule has 1 saturated carbocycles. The molecule has 13 rings (SSSR count). The molecule has 1 fully saturated rings. The van der Waals surface area contributed by atoms with E-state index in [1.54, 1.807) is 6.08 Å². The Bertz CT molecular complexity index is 4020. The smallest absolute Gasteiger partial charge is 0.0530 e. The lowest BCUT2D eigenvalue weighted by Crippen LogP contribution is -2.33. The van der Waals surface area contributed by atoms with Gasteiger partial charge in [-0.2, -0.15) is 0 Å². The van der Waals surface area contributed by atoms with Gasteiger partial charge >= 0.3 is 0 Å². The minimum atomic E-state index is 0.273. The standard InChI is InChI=1S/C37H34N2.C35H34N2.C7H10.C6H6/c1-26-8-5-14-34(24-26)39(32-12-3-2-4-13-32)33-22-19-28(20-23-33)27-9-6-11-31(21-18-27)38-36-15-7-10-29-16-17-30-25-35(30)37(29)36;1-4-35(34-16-9-8-11-27(34)3)37(32-21-17-26(2)18-22-32)33-23-19-28(20-24-33)29-12-10-15-31(25-29)36-30-13-6-5-7-14-30;1-3-5-7-6-4-2;1-2-4-6-5-3-1/h2-7,10-24,26,30,35,38H,8-9,25H2,1H3;4-14,16-17,19-21,23-25,31,36H,1,3,15,18,22H2,2H3;3-7H,1H2,2H3;1-6H/b;35-34+;6-4-,7-5-;. The van der Waals surface area contributed by atoms with Crippen LogP contribution in [-0.2, 0) is 0 Å². The fraction of sp³-hybridized carbons (Fsp3) is 0.153. The normalized spacial score (nSPS) is 18.7. The van der Waals surface area contributed by atoms with E-state index in [9.17, 15) is 0 Å². The molecule has 6 aliphatic rings. The zero-order valence-corrected chi connectivity index (χ0v) is 52.0. The molecule has 7 aromatic rings. The molecule has 0 aromatic heterocycles. The number of nitrogens with one attached hydrogen (secondary N) is 2. The lowest BCUT2D eigenvalue weighted by molar-refractivity contribution is 0.726. The summed E-state index contributed by atoms with van der Waals surface area (Å²) in [5.41, 5.74) is 19.9. The second kappa shape index (κ2) is 31.5. The van der Waals surface area contributed by atoms with E-state index in [2.05, 4.69) is 279 Å². The van der Waals surface area contributed by atoms with E-state index >= 15 is 0 Å². The van der Waals surface area contributed by atoms with E-state index in [4.69, 9.17) is 0 Å². The summed E-state index contributed by atoms with van der Waals surface area (Å²) in [6.45, 7) is 18.5. The summed E-state index contributed by atoms with van der Waals surface area (Å²) in [6, 6.07) is 66.2. The van der Waals surface area contributed by atoms with Crippen molar-refractivity contribution in [2.75, 3.05) is 20.4 Å². The van der Waals surface area contributed by atoms with Crippen molar-refractivity contribution in [3.63, 3.8) is 0 Å². The van der Waals surface area contributed by atoms with E-state index in [1.807, 2.05) is 85.8 Å². The average molecular weight is 1160 g/mol. The van der Waals surface area contributed by atoms with Crippen LogP contribution in [0.25, 0.3) is 29.5 Å². The van der Waals surface area contributed by atoms with Crippen molar-refractivity contribution < 1.29 is 0 Å². The quantitative estimate of drug-likeness (QED) is 0.100. The first kappa shape index (κ1) is 61.9. The summed E-state index contributed by atoms with van der Waals surface area (Å²) >= 11 is 0. The van der Waals surface area contributed by atoms with Gasteiger partial charge in [0.2, 0.25) is 0 Å². The second-order valence-electron chi connectivity index (χ2n) is 23.1. The van der Waals surface area contributed by atoms with Crippen molar-refractivity contribution in [2.24, 2.45) is 11.8 Å². The highest BCUT2D eigenvalue weighted by molar-refractivity contribution is 5.82. The van der Waals surface area contributed by atoms with Gasteiger partial charge in [0, 0.05) is 56.8 Å². The highest BCUT2D eigenvalue weighted by Gasteiger charge is 2.41. The molecule has 4 atom stereocenters. The number of fused-ring (bicyclic) bond motifs is 3. The molecule has 0 spiro atoms. The van der Waals surface area contributed by atoms with Gasteiger partial charge in [-0.1, -0.05) is 257 Å². The van der Waals surface area contributed by atoms with E-state index < -0.39 is 0 Å². The second-order valence-corrected chi connectivity index (χ2v) is 23.1. The van der Waals surface area contributed by atoms with E-state index in [1.165, 1.54) is 73.9 Å². The van der Waals surface area contributed by atoms with E-state index in [0.29, 0.717) is 11.8 Å². The SMILES string of the molecule is C=C/C(=c1/ccccc1=C)N(C1=CC=C(C)CC1)c1ccc(C2=CC(Nc3ccccc3)CC=C2)cc1.C=C/C=C\C=C/C.CC1C=C(N(c2ccccc2)c2ccc(C3=CC=C(Nc4cccc5c4C4CC4C=C5)C=CC3)cc2)C=CC1.c1ccccc1. The van der Waals surface area contributed by atoms with Gasteiger partial charge in [0.1, 0.15) is 0 Å². The third kappa shape index (κ3) is 16.9. The maximum Gasteiger partial charge on any atom is 0.0530 e. The molecule has 444 valence electrons. The molecule has 2 N–H and O–H groups in total. The minimum absolute atomic E-state index is 0.273. The third-order valence-electron chi connectivity index (χ3n) is 16.5. The predicted octanol–water partition coefficient (Wildman–Crippen LogP) is 21.1. The first-order chi connectivity index (χ1) is 43.8. The summed E-state index contributed by atoms with van der Waals surface area (Å²) in [6.07, 6.45) is 49.7. The van der Waals surface area contributed by atoms with Crippen LogP contribution in [0.15, 0.2) is 339 Å². The molecule has 4 unspecified atom stereocenters. The Hall–Kier alpha value is -10.2. The van der Waals surface area contributed by atoms with Crippen molar-refractivity contribution in [3.05, 3.63) is 372 Å². The molecule has 0 aliphatic heterocycles. The molecular formula is C85H84N4. The van der Waals surface area contributed by atoms with Gasteiger partial charge in [-0.05, 0) is 194 Å². The molecule has 0 heterocycles. The number of nitrogens with zero attached hydrogens (tertiary/aromatic N) is 2. The summed E-state index contributed by atoms with van der Waals surface area (Å²) in [7, 11) is 0. The number of anilines is 5. The fourth-order valence-corrected chi connectivity index (χ4v) is 11.8. The predicted molar refractivity (Wildman–Crippen MR) is 387 cm³/mol. The van der Waals surface area contributed by atoms with Crippen LogP contribution >= 0.6 is 0 Å². The molecule has 7 aromatic carbocycles. The molecule has 0 radical (unpaired) electrons. The number of para-hydroxylation sites is 2. The monoisotopic (exact) mass is 1160 g/mol. The minimum Gasteiger partial charge on any atom is -0.379 e. The van der Waals surface area contributed by atoms with Crippen molar-refractivity contribution in [1.29, 1.82) is 0 Å². The van der Waals surface area contributed by atoms with Crippen LogP contribution in [0.5, 0.6) is 0 Å². The lowest BCUT2D eigenvalue weighted by atomic mass is 9.95. The van der Waals surface area contributed by atoms with E-state index in [-0.39, 0.29) is 6.04 Å². The molecule has 0 saturated heterocycles. The topological polar surface area (TPSA) is 30.5 Å². The van der Waals surface area contributed by atoms with Crippen molar-refractivity contribution in [1.82, 2.24) is 0 Å². The van der Waals surface area contributed by atoms with Crippen molar-refractivity contribution in [3.8, 4) is 0 Å². The van der Waals surface area contributed by atoms with Crippen LogP contribution in [0.2, 0.25) is 0 Å². The fourth-order valence-electron chi connectivity index (χ4n) is 11.8. The largest absolute Gasteiger partial charge is 0.379 e. The van der Waals surface area contributed by atoms with Gasteiger partial charge in [0.05, 0.1) is 5.70 Å². The number of allylic oxidation sites excluding steroid dienone is 20. The van der Waals surface area contributed by atoms with Gasteiger partial charge in [0.25, 0.3) is 0 Å². The van der Waals surface area contributed by atoms with Crippen molar-refractivity contribution >= 4 is 57.9 Å². The van der Waals surface area contributed by atoms with Gasteiger partial charge < -0.3 is 20.4 Å². The third-order valence-corrected chi connectivity index (χ3v) is 16.5. The zero-order chi connectivity index (χ0) is 61.6.